The van der Waals surface area contributed by atoms with Gasteiger partial charge in [-0.3, -0.25) is 9.63 Å². The van der Waals surface area contributed by atoms with Crippen molar-refractivity contribution in [1.82, 2.24) is 5.06 Å². The molecule has 5 rings (SSSR count). The van der Waals surface area contributed by atoms with Crippen LogP contribution in [0.4, 0.5) is 0 Å². The molecule has 2 saturated carbocycles. The Morgan fingerprint density at radius 2 is 1.97 bits per heavy atom. The van der Waals surface area contributed by atoms with Crippen molar-refractivity contribution in [1.29, 1.82) is 0 Å². The Labute approximate surface area is 180 Å². The van der Waals surface area contributed by atoms with Gasteiger partial charge in [0.2, 0.25) is 0 Å². The SMILES string of the molecule is CCC[C@@]12O[C@@H]3[C@@H]([C@H]4CC[C@]3(C)C4(C)C)N1O[C@@H](C)[C@@H]2C(=O)OCc1ccccc1. The molecule has 1 aromatic rings. The number of benzene rings is 1. The summed E-state index contributed by atoms with van der Waals surface area (Å²) in [6.07, 6.45) is 3.94. The second-order valence-electron chi connectivity index (χ2n) is 10.6. The number of nitrogens with zero attached hydrogens (tertiary/aromatic N) is 1. The van der Waals surface area contributed by atoms with E-state index >= 15 is 0 Å². The van der Waals surface area contributed by atoms with Gasteiger partial charge in [0, 0.05) is 5.41 Å². The fourth-order valence-corrected chi connectivity index (χ4v) is 7.12. The van der Waals surface area contributed by atoms with E-state index in [1.54, 1.807) is 0 Å². The van der Waals surface area contributed by atoms with Crippen molar-refractivity contribution in [2.75, 3.05) is 0 Å². The van der Waals surface area contributed by atoms with E-state index in [1.165, 1.54) is 12.8 Å². The van der Waals surface area contributed by atoms with Gasteiger partial charge in [-0.05, 0) is 43.1 Å². The van der Waals surface area contributed by atoms with E-state index in [0.29, 0.717) is 5.92 Å². The van der Waals surface area contributed by atoms with E-state index in [-0.39, 0.29) is 41.7 Å². The second-order valence-corrected chi connectivity index (χ2v) is 10.6. The standard InChI is InChI=1S/C25H35NO4/c1-6-13-25-19(22(27)28-15-17-10-8-7-9-11-17)16(2)30-26(25)20-18-12-14-24(5,21(20)29-25)23(18,3)4/h7-11,16,18-21H,6,12-15H2,1-5H3/t16-,18+,19+,20+,21+,24-,25-/m0/s1. The minimum absolute atomic E-state index is 0.106. The van der Waals surface area contributed by atoms with Crippen LogP contribution in [0.2, 0.25) is 0 Å². The maximum absolute atomic E-state index is 13.3. The molecule has 2 saturated heterocycles. The average molecular weight is 414 g/mol. The van der Waals surface area contributed by atoms with Gasteiger partial charge in [-0.25, -0.2) is 0 Å². The molecule has 4 aliphatic rings. The van der Waals surface area contributed by atoms with Crippen LogP contribution in [-0.4, -0.2) is 35.0 Å². The molecule has 2 aliphatic heterocycles. The molecule has 1 aromatic carbocycles. The molecular formula is C25H35NO4. The number of fused-ring (bicyclic) bond motifs is 7. The molecule has 30 heavy (non-hydrogen) atoms. The summed E-state index contributed by atoms with van der Waals surface area (Å²) in [6, 6.07) is 10.1. The Hall–Kier alpha value is -1.43. The van der Waals surface area contributed by atoms with Gasteiger partial charge in [0.15, 0.2) is 5.72 Å². The second kappa shape index (κ2) is 6.78. The number of carbonyl (C=O) groups excluding carboxylic acids is 1. The average Bonchev–Trinajstić information content (AvgIpc) is 3.30. The van der Waals surface area contributed by atoms with Crippen LogP contribution < -0.4 is 0 Å². The first-order valence-corrected chi connectivity index (χ1v) is 11.6. The van der Waals surface area contributed by atoms with Gasteiger partial charge in [0.1, 0.15) is 12.5 Å². The Kier molecular flexibility index (Phi) is 4.63. The largest absolute Gasteiger partial charge is 0.460 e. The van der Waals surface area contributed by atoms with Crippen molar-refractivity contribution in [3.8, 4) is 0 Å². The minimum Gasteiger partial charge on any atom is -0.460 e. The highest BCUT2D eigenvalue weighted by atomic mass is 16.8. The summed E-state index contributed by atoms with van der Waals surface area (Å²) in [5, 5.41) is 2.12. The number of hydroxylamine groups is 2. The molecule has 0 aromatic heterocycles. The first kappa shape index (κ1) is 20.5. The van der Waals surface area contributed by atoms with E-state index in [2.05, 4.69) is 32.8 Å². The lowest BCUT2D eigenvalue weighted by Gasteiger charge is -2.41. The van der Waals surface area contributed by atoms with Crippen molar-refractivity contribution in [2.24, 2.45) is 22.7 Å². The van der Waals surface area contributed by atoms with Crippen molar-refractivity contribution in [2.45, 2.75) is 90.9 Å². The van der Waals surface area contributed by atoms with Crippen molar-refractivity contribution in [3.63, 3.8) is 0 Å². The zero-order valence-corrected chi connectivity index (χ0v) is 18.9. The molecular weight excluding hydrogens is 378 g/mol. The van der Waals surface area contributed by atoms with Crippen LogP contribution in [0, 0.1) is 22.7 Å². The number of carbonyl (C=O) groups is 1. The van der Waals surface area contributed by atoms with Crippen LogP contribution in [0.3, 0.4) is 0 Å². The monoisotopic (exact) mass is 413 g/mol. The quantitative estimate of drug-likeness (QED) is 0.655. The first-order chi connectivity index (χ1) is 14.3. The molecule has 0 N–H and O–H groups in total. The molecule has 5 heteroatoms. The summed E-state index contributed by atoms with van der Waals surface area (Å²) >= 11 is 0. The summed E-state index contributed by atoms with van der Waals surface area (Å²) in [7, 11) is 0. The molecule has 2 aliphatic carbocycles. The van der Waals surface area contributed by atoms with Gasteiger partial charge in [-0.1, -0.05) is 64.4 Å². The summed E-state index contributed by atoms with van der Waals surface area (Å²) in [5.74, 6) is -0.116. The lowest BCUT2D eigenvalue weighted by Crippen LogP contribution is -2.51. The number of esters is 1. The predicted octanol–water partition coefficient (Wildman–Crippen LogP) is 4.70. The van der Waals surface area contributed by atoms with Crippen LogP contribution in [0.5, 0.6) is 0 Å². The van der Waals surface area contributed by atoms with Crippen LogP contribution in [0.15, 0.2) is 30.3 Å². The van der Waals surface area contributed by atoms with Gasteiger partial charge in [-0.15, -0.1) is 0 Å². The Morgan fingerprint density at radius 3 is 2.67 bits per heavy atom. The van der Waals surface area contributed by atoms with E-state index < -0.39 is 11.6 Å². The first-order valence-electron chi connectivity index (χ1n) is 11.6. The molecule has 0 unspecified atom stereocenters. The maximum Gasteiger partial charge on any atom is 0.316 e. The lowest BCUT2D eigenvalue weighted by atomic mass is 9.70. The summed E-state index contributed by atoms with van der Waals surface area (Å²) in [4.78, 5) is 19.8. The highest BCUT2D eigenvalue weighted by molar-refractivity contribution is 5.75. The number of ether oxygens (including phenoxy) is 2. The highest BCUT2D eigenvalue weighted by Crippen LogP contribution is 2.71. The molecule has 0 radical (unpaired) electrons. The zero-order chi connectivity index (χ0) is 21.3. The minimum atomic E-state index is -0.711. The van der Waals surface area contributed by atoms with Crippen molar-refractivity contribution < 1.29 is 19.1 Å². The summed E-state index contributed by atoms with van der Waals surface area (Å²) in [6.45, 7) is 11.6. The summed E-state index contributed by atoms with van der Waals surface area (Å²) < 4.78 is 12.8. The van der Waals surface area contributed by atoms with Gasteiger partial charge in [0.05, 0.1) is 18.2 Å². The fraction of sp³-hybridized carbons (Fsp3) is 0.720. The molecule has 0 spiro atoms. The predicted molar refractivity (Wildman–Crippen MR) is 113 cm³/mol. The third kappa shape index (κ3) is 2.49. The molecule has 7 atom stereocenters. The van der Waals surface area contributed by atoms with Gasteiger partial charge < -0.3 is 9.47 Å². The topological polar surface area (TPSA) is 48.0 Å². The van der Waals surface area contributed by atoms with Crippen LogP contribution in [0.1, 0.15) is 65.9 Å². The molecule has 5 nitrogen and oxygen atoms in total. The third-order valence-corrected chi connectivity index (χ3v) is 9.02. The van der Waals surface area contributed by atoms with Gasteiger partial charge in [0.25, 0.3) is 0 Å². The van der Waals surface area contributed by atoms with Crippen LogP contribution >= 0.6 is 0 Å². The normalized spacial score (nSPS) is 43.6. The van der Waals surface area contributed by atoms with E-state index in [0.717, 1.165) is 18.4 Å². The Morgan fingerprint density at radius 1 is 1.23 bits per heavy atom. The van der Waals surface area contributed by atoms with Crippen molar-refractivity contribution in [3.05, 3.63) is 35.9 Å². The fourth-order valence-electron chi connectivity index (χ4n) is 7.12. The van der Waals surface area contributed by atoms with E-state index in [4.69, 9.17) is 14.3 Å². The zero-order valence-electron chi connectivity index (χ0n) is 18.9. The summed E-state index contributed by atoms with van der Waals surface area (Å²) in [5.41, 5.74) is 0.602. The number of hydrogen-bond donors (Lipinski definition) is 0. The smallest absolute Gasteiger partial charge is 0.316 e. The molecule has 2 heterocycles. The van der Waals surface area contributed by atoms with Crippen LogP contribution in [-0.2, 0) is 25.7 Å². The molecule has 0 amide bonds. The van der Waals surface area contributed by atoms with Crippen molar-refractivity contribution >= 4 is 5.97 Å². The maximum atomic E-state index is 13.3. The number of rotatable bonds is 5. The molecule has 2 bridgehead atoms. The Bertz CT molecular complexity index is 826. The highest BCUT2D eigenvalue weighted by Gasteiger charge is 2.78. The Balaban J connectivity index is 1.44. The molecule has 4 fully saturated rings. The lowest BCUT2D eigenvalue weighted by molar-refractivity contribution is -0.242. The van der Waals surface area contributed by atoms with E-state index in [9.17, 15) is 4.79 Å². The van der Waals surface area contributed by atoms with Gasteiger partial charge in [-0.2, -0.15) is 5.06 Å². The van der Waals surface area contributed by atoms with Gasteiger partial charge >= 0.3 is 5.97 Å². The van der Waals surface area contributed by atoms with Crippen LogP contribution in [0.25, 0.3) is 0 Å². The van der Waals surface area contributed by atoms with E-state index in [1.807, 2.05) is 37.3 Å². The number of hydrogen-bond acceptors (Lipinski definition) is 5. The third-order valence-electron chi connectivity index (χ3n) is 9.02. The molecule has 164 valence electrons.